The van der Waals surface area contributed by atoms with Crippen LogP contribution in [-0.4, -0.2) is 40.8 Å². The van der Waals surface area contributed by atoms with Crippen LogP contribution in [0.5, 0.6) is 0 Å². The SMILES string of the molecule is CC(C)NC(=O)C1(Cc2cccc(-c3cccnc3)c2)CCN(C(=O)C2C3CCCCC32)C1. The van der Waals surface area contributed by atoms with Crippen molar-refractivity contribution in [1.29, 1.82) is 0 Å². The summed E-state index contributed by atoms with van der Waals surface area (Å²) < 4.78 is 0. The van der Waals surface area contributed by atoms with E-state index in [1.807, 2.05) is 31.0 Å². The number of carbonyl (C=O) groups excluding carboxylic acids is 2. The number of aromatic nitrogens is 1. The standard InChI is InChI=1S/C28H35N3O2/c1-19(2)30-27(33)28(16-20-7-5-8-21(15-20)22-9-6-13-29-17-22)12-14-31(18-28)26(32)25-23-10-3-4-11-24(23)25/h5-9,13,15,17,19,23-25H,3-4,10-12,14,16,18H2,1-2H3,(H,30,33). The van der Waals surface area contributed by atoms with Crippen LogP contribution < -0.4 is 5.32 Å². The van der Waals surface area contributed by atoms with Gasteiger partial charge >= 0.3 is 0 Å². The second-order valence-electron chi connectivity index (χ2n) is 10.7. The normalized spacial score (nSPS) is 28.5. The van der Waals surface area contributed by atoms with Crippen LogP contribution in [0.15, 0.2) is 48.8 Å². The van der Waals surface area contributed by atoms with Crippen molar-refractivity contribution in [3.05, 3.63) is 54.4 Å². The van der Waals surface area contributed by atoms with Gasteiger partial charge in [-0.1, -0.05) is 43.2 Å². The summed E-state index contributed by atoms with van der Waals surface area (Å²) in [5, 5.41) is 3.16. The topological polar surface area (TPSA) is 62.3 Å². The highest BCUT2D eigenvalue weighted by molar-refractivity contribution is 5.87. The Balaban J connectivity index is 1.37. The third-order valence-corrected chi connectivity index (χ3v) is 7.97. The Bertz CT molecular complexity index is 1010. The summed E-state index contributed by atoms with van der Waals surface area (Å²) in [6.07, 6.45) is 9.93. The van der Waals surface area contributed by atoms with E-state index in [1.165, 1.54) is 25.7 Å². The van der Waals surface area contributed by atoms with Gasteiger partial charge in [0, 0.05) is 37.4 Å². The smallest absolute Gasteiger partial charge is 0.228 e. The van der Waals surface area contributed by atoms with E-state index < -0.39 is 5.41 Å². The van der Waals surface area contributed by atoms with Gasteiger partial charge in [-0.05, 0) is 74.1 Å². The zero-order chi connectivity index (χ0) is 23.0. The predicted molar refractivity (Wildman–Crippen MR) is 129 cm³/mol. The fourth-order valence-electron chi connectivity index (χ4n) is 6.24. The van der Waals surface area contributed by atoms with Crippen molar-refractivity contribution in [3.8, 4) is 11.1 Å². The minimum atomic E-state index is -0.576. The molecular weight excluding hydrogens is 410 g/mol. The minimum Gasteiger partial charge on any atom is -0.353 e. The van der Waals surface area contributed by atoms with Gasteiger partial charge in [-0.2, -0.15) is 0 Å². The monoisotopic (exact) mass is 445 g/mol. The molecule has 5 heteroatoms. The summed E-state index contributed by atoms with van der Waals surface area (Å²) in [5.41, 5.74) is 2.73. The first-order chi connectivity index (χ1) is 16.0. The van der Waals surface area contributed by atoms with E-state index in [0.717, 1.165) is 23.1 Å². The Hall–Kier alpha value is -2.69. The maximum absolute atomic E-state index is 13.5. The molecule has 1 N–H and O–H groups in total. The zero-order valence-electron chi connectivity index (χ0n) is 19.8. The Labute approximate surface area is 197 Å². The van der Waals surface area contributed by atoms with Crippen LogP contribution in [0, 0.1) is 23.2 Å². The number of hydrogen-bond donors (Lipinski definition) is 1. The average Bonchev–Trinajstić information content (AvgIpc) is 3.40. The lowest BCUT2D eigenvalue weighted by Gasteiger charge is -2.30. The van der Waals surface area contributed by atoms with Gasteiger partial charge in [-0.15, -0.1) is 0 Å². The molecule has 3 atom stereocenters. The molecule has 2 amide bonds. The highest BCUT2D eigenvalue weighted by atomic mass is 16.2. The molecule has 1 saturated heterocycles. The molecule has 0 spiro atoms. The molecule has 5 rings (SSSR count). The van der Waals surface area contributed by atoms with Crippen LogP contribution in [0.2, 0.25) is 0 Å². The van der Waals surface area contributed by atoms with E-state index in [4.69, 9.17) is 0 Å². The number of nitrogens with zero attached hydrogens (tertiary/aromatic N) is 2. The molecule has 3 unspecified atom stereocenters. The number of hydrogen-bond acceptors (Lipinski definition) is 3. The molecule has 1 aromatic carbocycles. The maximum Gasteiger partial charge on any atom is 0.228 e. The Morgan fingerprint density at radius 3 is 2.58 bits per heavy atom. The van der Waals surface area contributed by atoms with Gasteiger partial charge < -0.3 is 10.2 Å². The number of fused-ring (bicyclic) bond motifs is 1. The van der Waals surface area contributed by atoms with Gasteiger partial charge in [0.05, 0.1) is 5.41 Å². The molecule has 0 bridgehead atoms. The summed E-state index contributed by atoms with van der Waals surface area (Å²) in [6.45, 7) is 5.21. The number of carbonyl (C=O) groups is 2. The molecular formula is C28H35N3O2. The second kappa shape index (κ2) is 8.92. The summed E-state index contributed by atoms with van der Waals surface area (Å²) in [5.74, 6) is 1.79. The number of likely N-dealkylation sites (tertiary alicyclic amines) is 1. The van der Waals surface area contributed by atoms with Crippen LogP contribution in [-0.2, 0) is 16.0 Å². The van der Waals surface area contributed by atoms with Gasteiger partial charge in [0.25, 0.3) is 0 Å². The highest BCUT2D eigenvalue weighted by Gasteiger charge is 2.57. The lowest BCUT2D eigenvalue weighted by atomic mass is 9.79. The van der Waals surface area contributed by atoms with Crippen LogP contribution in [0.4, 0.5) is 0 Å². The first kappa shape index (κ1) is 22.1. The second-order valence-corrected chi connectivity index (χ2v) is 10.7. The number of benzene rings is 1. The Kier molecular flexibility index (Phi) is 5.98. The average molecular weight is 446 g/mol. The van der Waals surface area contributed by atoms with Crippen molar-refractivity contribution >= 4 is 11.8 Å². The Morgan fingerprint density at radius 1 is 1.12 bits per heavy atom. The van der Waals surface area contributed by atoms with Crippen LogP contribution in [0.1, 0.15) is 51.5 Å². The summed E-state index contributed by atoms with van der Waals surface area (Å²) in [7, 11) is 0. The minimum absolute atomic E-state index is 0.0761. The van der Waals surface area contributed by atoms with Crippen molar-refractivity contribution in [2.24, 2.45) is 23.2 Å². The molecule has 2 heterocycles. The quantitative estimate of drug-likeness (QED) is 0.714. The lowest BCUT2D eigenvalue weighted by Crippen LogP contribution is -2.47. The molecule has 33 heavy (non-hydrogen) atoms. The molecule has 3 fully saturated rings. The largest absolute Gasteiger partial charge is 0.353 e. The summed E-state index contributed by atoms with van der Waals surface area (Å²) in [4.78, 5) is 33.1. The van der Waals surface area contributed by atoms with E-state index in [0.29, 0.717) is 37.3 Å². The van der Waals surface area contributed by atoms with Crippen molar-refractivity contribution in [2.45, 2.75) is 58.4 Å². The van der Waals surface area contributed by atoms with Crippen LogP contribution in [0.25, 0.3) is 11.1 Å². The summed E-state index contributed by atoms with van der Waals surface area (Å²) in [6, 6.07) is 12.5. The Morgan fingerprint density at radius 2 is 1.88 bits per heavy atom. The molecule has 0 radical (unpaired) electrons. The third-order valence-electron chi connectivity index (χ3n) is 7.97. The summed E-state index contributed by atoms with van der Waals surface area (Å²) >= 11 is 0. The first-order valence-electron chi connectivity index (χ1n) is 12.6. The fourth-order valence-corrected chi connectivity index (χ4v) is 6.24. The van der Waals surface area contributed by atoms with Crippen LogP contribution in [0.3, 0.4) is 0 Å². The van der Waals surface area contributed by atoms with Gasteiger partial charge in [0.1, 0.15) is 0 Å². The molecule has 2 aromatic rings. The molecule has 174 valence electrons. The van der Waals surface area contributed by atoms with Crippen LogP contribution >= 0.6 is 0 Å². The van der Waals surface area contributed by atoms with Gasteiger partial charge in [-0.3, -0.25) is 14.6 Å². The maximum atomic E-state index is 13.5. The lowest BCUT2D eigenvalue weighted by molar-refractivity contribution is -0.134. The van der Waals surface area contributed by atoms with E-state index >= 15 is 0 Å². The van der Waals surface area contributed by atoms with Crippen molar-refractivity contribution in [1.82, 2.24) is 15.2 Å². The molecule has 5 nitrogen and oxygen atoms in total. The number of rotatable bonds is 6. The van der Waals surface area contributed by atoms with E-state index in [9.17, 15) is 9.59 Å². The highest BCUT2D eigenvalue weighted by Crippen LogP contribution is 2.56. The van der Waals surface area contributed by atoms with E-state index in [1.54, 1.807) is 6.20 Å². The molecule has 2 saturated carbocycles. The predicted octanol–water partition coefficient (Wildman–Crippen LogP) is 4.47. The number of nitrogens with one attached hydrogen (secondary N) is 1. The van der Waals surface area contributed by atoms with Crippen molar-refractivity contribution < 1.29 is 9.59 Å². The van der Waals surface area contributed by atoms with Gasteiger partial charge in [-0.25, -0.2) is 0 Å². The van der Waals surface area contributed by atoms with E-state index in [-0.39, 0.29) is 17.9 Å². The van der Waals surface area contributed by atoms with Crippen molar-refractivity contribution in [3.63, 3.8) is 0 Å². The third kappa shape index (κ3) is 4.42. The number of pyridine rings is 1. The zero-order valence-corrected chi connectivity index (χ0v) is 19.8. The van der Waals surface area contributed by atoms with Gasteiger partial charge in [0.15, 0.2) is 0 Å². The molecule has 3 aliphatic rings. The molecule has 1 aromatic heterocycles. The molecule has 1 aliphatic heterocycles. The van der Waals surface area contributed by atoms with E-state index in [2.05, 4.69) is 40.6 Å². The molecule has 2 aliphatic carbocycles. The van der Waals surface area contributed by atoms with Crippen molar-refractivity contribution in [2.75, 3.05) is 13.1 Å². The number of amides is 2. The van der Waals surface area contributed by atoms with Gasteiger partial charge in [0.2, 0.25) is 11.8 Å². The first-order valence-corrected chi connectivity index (χ1v) is 12.6. The fraction of sp³-hybridized carbons (Fsp3) is 0.536.